The van der Waals surface area contributed by atoms with E-state index in [-0.39, 0.29) is 10.5 Å². The third-order valence-electron chi connectivity index (χ3n) is 9.27. The number of fused-ring (bicyclic) bond motifs is 2. The van der Waals surface area contributed by atoms with E-state index < -0.39 is 19.7 Å². The van der Waals surface area contributed by atoms with Crippen LogP contribution in [0, 0.1) is 0 Å². The lowest BCUT2D eigenvalue weighted by Gasteiger charge is -2.11. The molecule has 50 heavy (non-hydrogen) atoms. The Morgan fingerprint density at radius 1 is 0.620 bits per heavy atom. The van der Waals surface area contributed by atoms with Crippen LogP contribution >= 0.6 is 0 Å². The molecule has 3 aromatic heterocycles. The second-order valence-corrected chi connectivity index (χ2v) is 19.1. The summed E-state index contributed by atoms with van der Waals surface area (Å²) in [5, 5.41) is 9.27. The Balaban J connectivity index is 0.000000228. The number of sulfone groups is 2. The average Bonchev–Trinajstić information content (AvgIpc) is 3.80. The molecule has 272 valence electrons. The van der Waals surface area contributed by atoms with E-state index in [1.165, 1.54) is 16.3 Å². The van der Waals surface area contributed by atoms with Crippen LogP contribution in [0.4, 0.5) is 0 Å². The fraction of sp³-hybridized carbons (Fsp3) is 0.500. The quantitative estimate of drug-likeness (QED) is 0.0665. The minimum absolute atomic E-state index is 0.258. The third kappa shape index (κ3) is 11.8. The number of nitrogens with one attached hydrogen (secondary N) is 1. The van der Waals surface area contributed by atoms with Crippen molar-refractivity contribution in [3.05, 3.63) is 84.3 Å². The van der Waals surface area contributed by atoms with Gasteiger partial charge in [-0.15, -0.1) is 0 Å². The number of unbranched alkanes of at least 4 members (excludes halogenated alkanes) is 8. The molecule has 0 atom stereocenters. The topological polar surface area (TPSA) is 123 Å². The van der Waals surface area contributed by atoms with Gasteiger partial charge in [-0.25, -0.2) is 21.8 Å². The van der Waals surface area contributed by atoms with Crippen molar-refractivity contribution < 1.29 is 21.3 Å². The van der Waals surface area contributed by atoms with E-state index in [1.807, 2.05) is 30.3 Å². The van der Waals surface area contributed by atoms with Crippen LogP contribution in [0.25, 0.3) is 33.3 Å². The van der Waals surface area contributed by atoms with E-state index in [0.717, 1.165) is 105 Å². The number of benzene rings is 2. The number of aromatic amines is 1. The van der Waals surface area contributed by atoms with Gasteiger partial charge in [0.1, 0.15) is 5.69 Å². The fourth-order valence-corrected chi connectivity index (χ4v) is 8.15. The maximum atomic E-state index is 11.8. The van der Waals surface area contributed by atoms with Gasteiger partial charge >= 0.3 is 0 Å². The molecule has 0 radical (unpaired) electrons. The molecule has 1 N–H and O–H groups in total. The highest BCUT2D eigenvalue weighted by molar-refractivity contribution is 7.92. The first-order valence-corrected chi connectivity index (χ1v) is 21.7. The van der Waals surface area contributed by atoms with Gasteiger partial charge in [-0.3, -0.25) is 5.10 Å². The van der Waals surface area contributed by atoms with E-state index in [0.29, 0.717) is 11.5 Å². The number of hydrogen-bond acceptors (Lipinski definition) is 7. The van der Waals surface area contributed by atoms with Gasteiger partial charge < -0.3 is 4.42 Å². The molecular weight excluding hydrogens is 667 g/mol. The minimum Gasteiger partial charge on any atom is -0.463 e. The Labute approximate surface area is 299 Å². The summed E-state index contributed by atoms with van der Waals surface area (Å²) in [6.45, 7) is 7.02. The summed E-state index contributed by atoms with van der Waals surface area (Å²) >= 11 is 0. The number of nitrogens with zero attached hydrogens (tertiary/aromatic N) is 2. The molecule has 0 aliphatic heterocycles. The van der Waals surface area contributed by atoms with Gasteiger partial charge in [-0.2, -0.15) is 5.10 Å². The number of furan rings is 1. The standard InChI is InChI=1S/C23H29NO2S.C17H26N2O3S/c1-18(2)27(25,26)17-11-5-3-4-6-12-19-20-13-7-9-15-22(20)24-23-16-10-8-14-21(19)23;1-14(2)23(20,21)12-7-5-3-4-6-9-15-13-16(19-18-15)17-10-8-11-22-17/h7-10,13-16,18H,3-6,11-12,17H2,1-2H3;8,10-11,13-14H,3-7,9,12H2,1-2H3,(H,18,19). The Bertz CT molecular complexity index is 1910. The fourth-order valence-electron chi connectivity index (χ4n) is 5.99. The molecule has 0 aliphatic rings. The normalized spacial score (nSPS) is 12.2. The van der Waals surface area contributed by atoms with Crippen molar-refractivity contribution in [1.82, 2.24) is 15.2 Å². The molecule has 0 amide bonds. The van der Waals surface area contributed by atoms with Gasteiger partial charge in [0, 0.05) is 16.5 Å². The second-order valence-electron chi connectivity index (χ2n) is 13.7. The molecular formula is C40H55N3O5S2. The molecule has 5 rings (SSSR count). The van der Waals surface area contributed by atoms with Gasteiger partial charge in [0.25, 0.3) is 0 Å². The van der Waals surface area contributed by atoms with Crippen LogP contribution in [0.3, 0.4) is 0 Å². The largest absolute Gasteiger partial charge is 0.463 e. The maximum Gasteiger partial charge on any atom is 0.154 e. The first-order valence-electron chi connectivity index (χ1n) is 18.3. The number of para-hydroxylation sites is 2. The van der Waals surface area contributed by atoms with Crippen LogP contribution in [0.1, 0.15) is 103 Å². The maximum absolute atomic E-state index is 11.8. The van der Waals surface area contributed by atoms with Gasteiger partial charge in [0.15, 0.2) is 25.4 Å². The number of aromatic nitrogens is 3. The van der Waals surface area contributed by atoms with E-state index in [2.05, 4.69) is 46.6 Å². The van der Waals surface area contributed by atoms with Crippen LogP contribution in [-0.4, -0.2) is 54.0 Å². The molecule has 0 fully saturated rings. The van der Waals surface area contributed by atoms with Crippen LogP contribution in [0.2, 0.25) is 0 Å². The highest BCUT2D eigenvalue weighted by Gasteiger charge is 2.16. The van der Waals surface area contributed by atoms with Crippen molar-refractivity contribution >= 4 is 41.5 Å². The van der Waals surface area contributed by atoms with Crippen molar-refractivity contribution in [2.75, 3.05) is 11.5 Å². The Morgan fingerprint density at radius 2 is 1.12 bits per heavy atom. The van der Waals surface area contributed by atoms with Gasteiger partial charge in [-0.1, -0.05) is 74.9 Å². The smallest absolute Gasteiger partial charge is 0.154 e. The van der Waals surface area contributed by atoms with Crippen molar-refractivity contribution in [3.8, 4) is 11.5 Å². The Hall–Kier alpha value is -3.50. The first-order chi connectivity index (χ1) is 24.0. The van der Waals surface area contributed by atoms with Crippen molar-refractivity contribution in [2.24, 2.45) is 0 Å². The highest BCUT2D eigenvalue weighted by atomic mass is 32.2. The molecule has 0 aliphatic carbocycles. The van der Waals surface area contributed by atoms with E-state index in [1.54, 1.807) is 34.0 Å². The van der Waals surface area contributed by atoms with Crippen LogP contribution in [0.5, 0.6) is 0 Å². The number of rotatable bonds is 19. The number of H-pyrrole nitrogens is 1. The lowest BCUT2D eigenvalue weighted by atomic mass is 9.97. The molecule has 0 unspecified atom stereocenters. The molecule has 8 nitrogen and oxygen atoms in total. The number of hydrogen-bond donors (Lipinski definition) is 1. The summed E-state index contributed by atoms with van der Waals surface area (Å²) in [5.74, 6) is 1.42. The minimum atomic E-state index is -2.89. The monoisotopic (exact) mass is 721 g/mol. The lowest BCUT2D eigenvalue weighted by molar-refractivity contribution is 0.575. The zero-order valence-electron chi connectivity index (χ0n) is 30.2. The van der Waals surface area contributed by atoms with Crippen LogP contribution in [0.15, 0.2) is 77.4 Å². The zero-order chi connectivity index (χ0) is 36.0. The van der Waals surface area contributed by atoms with Crippen molar-refractivity contribution in [1.29, 1.82) is 0 Å². The van der Waals surface area contributed by atoms with Crippen molar-refractivity contribution in [3.63, 3.8) is 0 Å². The Kier molecular flexibility index (Phi) is 15.1. The van der Waals surface area contributed by atoms with E-state index in [9.17, 15) is 16.8 Å². The van der Waals surface area contributed by atoms with E-state index in [4.69, 9.17) is 9.40 Å². The molecule has 0 saturated carbocycles. The summed E-state index contributed by atoms with van der Waals surface area (Å²) in [5.41, 5.74) is 5.46. The summed E-state index contributed by atoms with van der Waals surface area (Å²) in [4.78, 5) is 4.79. The second kappa shape index (κ2) is 19.2. The third-order valence-corrected chi connectivity index (χ3v) is 13.9. The predicted octanol–water partition coefficient (Wildman–Crippen LogP) is 9.69. The first kappa shape index (κ1) is 39.3. The molecule has 3 heterocycles. The average molecular weight is 722 g/mol. The number of pyridine rings is 1. The van der Waals surface area contributed by atoms with Gasteiger partial charge in [0.05, 0.1) is 39.3 Å². The number of aryl methyl sites for hydroxylation is 2. The lowest BCUT2D eigenvalue weighted by Crippen LogP contribution is -2.17. The summed E-state index contributed by atoms with van der Waals surface area (Å²) in [6, 6.07) is 22.5. The zero-order valence-corrected chi connectivity index (χ0v) is 31.9. The molecule has 10 heteroatoms. The molecule has 2 aromatic carbocycles. The molecule has 0 spiro atoms. The van der Waals surface area contributed by atoms with Crippen LogP contribution < -0.4 is 0 Å². The summed E-state index contributed by atoms with van der Waals surface area (Å²) in [7, 11) is -5.76. The molecule has 5 aromatic rings. The summed E-state index contributed by atoms with van der Waals surface area (Å²) in [6.07, 6.45) is 13.8. The predicted molar refractivity (Wildman–Crippen MR) is 207 cm³/mol. The van der Waals surface area contributed by atoms with Crippen molar-refractivity contribution in [2.45, 2.75) is 115 Å². The molecule has 0 bridgehead atoms. The highest BCUT2D eigenvalue weighted by Crippen LogP contribution is 2.27. The SMILES string of the molecule is CC(C)S(=O)(=O)CCCCCCCc1c2ccccc2nc2ccccc12.CC(C)S(=O)(=O)CCCCCCCc1cc(-c2ccco2)n[nH]1. The van der Waals surface area contributed by atoms with E-state index >= 15 is 0 Å². The van der Waals surface area contributed by atoms with Gasteiger partial charge in [-0.05, 0) is 102 Å². The van der Waals surface area contributed by atoms with Gasteiger partial charge in [0.2, 0.25) is 0 Å². The molecule has 0 saturated heterocycles. The summed E-state index contributed by atoms with van der Waals surface area (Å²) < 4.78 is 52.4. The van der Waals surface area contributed by atoms with Crippen LogP contribution in [-0.2, 0) is 32.5 Å². The Morgan fingerprint density at radius 3 is 1.64 bits per heavy atom.